The summed E-state index contributed by atoms with van der Waals surface area (Å²) in [6.45, 7) is 2.38. The second-order valence-corrected chi connectivity index (χ2v) is 4.52. The number of anilines is 1. The van der Waals surface area contributed by atoms with Gasteiger partial charge in [-0.3, -0.25) is 4.79 Å². The first-order valence-electron chi connectivity index (χ1n) is 5.97. The van der Waals surface area contributed by atoms with Gasteiger partial charge in [0.2, 0.25) is 5.91 Å². The summed E-state index contributed by atoms with van der Waals surface area (Å²) in [5.41, 5.74) is 1.71. The molecule has 3 N–H and O–H groups in total. The highest BCUT2D eigenvalue weighted by Gasteiger charge is 2.28. The highest BCUT2D eigenvalue weighted by molar-refractivity contribution is 5.95. The average molecular weight is 250 g/mol. The van der Waals surface area contributed by atoms with Crippen molar-refractivity contribution >= 4 is 11.6 Å². The summed E-state index contributed by atoms with van der Waals surface area (Å²) in [6.07, 6.45) is 0.0267. The molecule has 2 atom stereocenters. The quantitative estimate of drug-likeness (QED) is 0.737. The molecule has 1 aliphatic heterocycles. The van der Waals surface area contributed by atoms with E-state index < -0.39 is 6.10 Å². The van der Waals surface area contributed by atoms with Gasteiger partial charge >= 0.3 is 0 Å². The number of rotatable bonds is 3. The second kappa shape index (κ2) is 5.37. The van der Waals surface area contributed by atoms with Gasteiger partial charge in [0.1, 0.15) is 5.75 Å². The Morgan fingerprint density at radius 1 is 1.56 bits per heavy atom. The van der Waals surface area contributed by atoms with E-state index in [9.17, 15) is 9.90 Å². The highest BCUT2D eigenvalue weighted by Crippen LogP contribution is 2.21. The summed E-state index contributed by atoms with van der Waals surface area (Å²) in [5.74, 6) is 0.653. The van der Waals surface area contributed by atoms with Gasteiger partial charge in [0, 0.05) is 12.2 Å². The van der Waals surface area contributed by atoms with E-state index in [4.69, 9.17) is 4.74 Å². The summed E-state index contributed by atoms with van der Waals surface area (Å²) in [6, 6.07) is 5.17. The van der Waals surface area contributed by atoms with Crippen molar-refractivity contribution in [2.24, 2.45) is 0 Å². The Bertz CT molecular complexity index is 448. The molecule has 1 aliphatic rings. The lowest BCUT2D eigenvalue weighted by molar-refractivity contribution is -0.117. The van der Waals surface area contributed by atoms with E-state index in [2.05, 4.69) is 10.6 Å². The van der Waals surface area contributed by atoms with E-state index in [0.717, 1.165) is 17.0 Å². The number of benzene rings is 1. The van der Waals surface area contributed by atoms with Gasteiger partial charge in [-0.15, -0.1) is 0 Å². The van der Waals surface area contributed by atoms with Gasteiger partial charge in [-0.25, -0.2) is 0 Å². The van der Waals surface area contributed by atoms with Gasteiger partial charge in [0.05, 0.1) is 19.3 Å². The van der Waals surface area contributed by atoms with Crippen LogP contribution >= 0.6 is 0 Å². The van der Waals surface area contributed by atoms with Crippen LogP contribution in [0.3, 0.4) is 0 Å². The third-order valence-electron chi connectivity index (χ3n) is 3.12. The molecular formula is C13H18N2O3. The van der Waals surface area contributed by atoms with Crippen LogP contribution in [0.5, 0.6) is 5.75 Å². The van der Waals surface area contributed by atoms with Crippen LogP contribution in [0.1, 0.15) is 12.0 Å². The van der Waals surface area contributed by atoms with Gasteiger partial charge in [-0.05, 0) is 37.1 Å². The van der Waals surface area contributed by atoms with E-state index >= 15 is 0 Å². The number of nitrogens with one attached hydrogen (secondary N) is 2. The van der Waals surface area contributed by atoms with Gasteiger partial charge < -0.3 is 20.5 Å². The molecule has 1 amide bonds. The van der Waals surface area contributed by atoms with Crippen LogP contribution < -0.4 is 15.4 Å². The molecule has 0 bridgehead atoms. The SMILES string of the molecule is COc1ccc(NC(=O)C2CC(O)CN2)c(C)c1. The molecule has 1 saturated heterocycles. The number of methoxy groups -OCH3 is 1. The number of hydrogen-bond donors (Lipinski definition) is 3. The lowest BCUT2D eigenvalue weighted by Crippen LogP contribution is -2.35. The molecule has 5 heteroatoms. The Morgan fingerprint density at radius 2 is 2.33 bits per heavy atom. The number of carbonyl (C=O) groups excluding carboxylic acids is 1. The maximum absolute atomic E-state index is 12.0. The van der Waals surface area contributed by atoms with Crippen LogP contribution in [-0.2, 0) is 4.79 Å². The third-order valence-corrected chi connectivity index (χ3v) is 3.12. The van der Waals surface area contributed by atoms with Crippen molar-refractivity contribution in [2.75, 3.05) is 19.0 Å². The van der Waals surface area contributed by atoms with E-state index in [1.165, 1.54) is 0 Å². The minimum absolute atomic E-state index is 0.111. The summed E-state index contributed by atoms with van der Waals surface area (Å²) < 4.78 is 5.11. The number of ether oxygens (including phenoxy) is 1. The molecule has 5 nitrogen and oxygen atoms in total. The van der Waals surface area contributed by atoms with Crippen LogP contribution in [0.2, 0.25) is 0 Å². The zero-order valence-corrected chi connectivity index (χ0v) is 10.6. The van der Waals surface area contributed by atoms with Gasteiger partial charge in [0.25, 0.3) is 0 Å². The van der Waals surface area contributed by atoms with E-state index in [1.54, 1.807) is 13.2 Å². The van der Waals surface area contributed by atoms with Crippen molar-refractivity contribution in [3.05, 3.63) is 23.8 Å². The Balaban J connectivity index is 2.03. The molecule has 2 unspecified atom stereocenters. The number of hydrogen-bond acceptors (Lipinski definition) is 4. The fourth-order valence-electron chi connectivity index (χ4n) is 2.04. The van der Waals surface area contributed by atoms with Crippen molar-refractivity contribution in [3.8, 4) is 5.75 Å². The minimum atomic E-state index is -0.433. The van der Waals surface area contributed by atoms with E-state index in [-0.39, 0.29) is 11.9 Å². The second-order valence-electron chi connectivity index (χ2n) is 4.52. The number of aliphatic hydroxyl groups is 1. The molecule has 0 saturated carbocycles. The van der Waals surface area contributed by atoms with Crippen LogP contribution in [0, 0.1) is 6.92 Å². The molecule has 1 heterocycles. The fourth-order valence-corrected chi connectivity index (χ4v) is 2.04. The number of β-amino-alcohol motifs (C(OH)–C–C–N with tert-alkyl or cyclic N) is 1. The van der Waals surface area contributed by atoms with Gasteiger partial charge in [-0.1, -0.05) is 0 Å². The van der Waals surface area contributed by atoms with Crippen LogP contribution in [-0.4, -0.2) is 36.8 Å². The molecule has 18 heavy (non-hydrogen) atoms. The maximum Gasteiger partial charge on any atom is 0.241 e. The van der Waals surface area contributed by atoms with Crippen molar-refractivity contribution in [2.45, 2.75) is 25.5 Å². The number of amides is 1. The summed E-state index contributed by atoms with van der Waals surface area (Å²) in [7, 11) is 1.61. The average Bonchev–Trinajstić information content (AvgIpc) is 2.78. The van der Waals surface area contributed by atoms with Crippen LogP contribution in [0.15, 0.2) is 18.2 Å². The summed E-state index contributed by atoms with van der Waals surface area (Å²) >= 11 is 0. The van der Waals surface area contributed by atoms with Crippen molar-refractivity contribution < 1.29 is 14.6 Å². The smallest absolute Gasteiger partial charge is 0.241 e. The molecule has 1 aromatic carbocycles. The first-order chi connectivity index (χ1) is 8.60. The lowest BCUT2D eigenvalue weighted by atomic mass is 10.1. The number of carbonyl (C=O) groups is 1. The van der Waals surface area contributed by atoms with Gasteiger partial charge in [-0.2, -0.15) is 0 Å². The maximum atomic E-state index is 12.0. The van der Waals surface area contributed by atoms with E-state index in [0.29, 0.717) is 13.0 Å². The van der Waals surface area contributed by atoms with Crippen LogP contribution in [0.25, 0.3) is 0 Å². The monoisotopic (exact) mass is 250 g/mol. The molecule has 1 aromatic rings. The molecule has 98 valence electrons. The molecular weight excluding hydrogens is 232 g/mol. The topological polar surface area (TPSA) is 70.6 Å². The van der Waals surface area contributed by atoms with Crippen molar-refractivity contribution in [3.63, 3.8) is 0 Å². The fraction of sp³-hybridized carbons (Fsp3) is 0.462. The Morgan fingerprint density at radius 3 is 2.89 bits per heavy atom. The van der Waals surface area contributed by atoms with Crippen LogP contribution in [0.4, 0.5) is 5.69 Å². The van der Waals surface area contributed by atoms with Crippen molar-refractivity contribution in [1.29, 1.82) is 0 Å². The minimum Gasteiger partial charge on any atom is -0.497 e. The molecule has 0 aliphatic carbocycles. The zero-order valence-electron chi connectivity index (χ0n) is 10.6. The predicted octanol–water partition coefficient (Wildman–Crippen LogP) is 0.665. The molecule has 0 spiro atoms. The highest BCUT2D eigenvalue weighted by atomic mass is 16.5. The predicted molar refractivity (Wildman–Crippen MR) is 68.8 cm³/mol. The first-order valence-corrected chi connectivity index (χ1v) is 5.97. The molecule has 0 aromatic heterocycles. The molecule has 1 fully saturated rings. The van der Waals surface area contributed by atoms with Crippen molar-refractivity contribution in [1.82, 2.24) is 5.32 Å². The summed E-state index contributed by atoms with van der Waals surface area (Å²) in [5, 5.41) is 15.2. The zero-order chi connectivity index (χ0) is 13.1. The standard InChI is InChI=1S/C13H18N2O3/c1-8-5-10(18-2)3-4-11(8)15-13(17)12-6-9(16)7-14-12/h3-5,9,12,14,16H,6-7H2,1-2H3,(H,15,17). The number of aliphatic hydroxyl groups excluding tert-OH is 1. The Kier molecular flexibility index (Phi) is 3.84. The van der Waals surface area contributed by atoms with Gasteiger partial charge in [0.15, 0.2) is 0 Å². The summed E-state index contributed by atoms with van der Waals surface area (Å²) in [4.78, 5) is 12.0. The third kappa shape index (κ3) is 2.80. The van der Waals surface area contributed by atoms with E-state index in [1.807, 2.05) is 19.1 Å². The molecule has 2 rings (SSSR count). The Hall–Kier alpha value is -1.59. The Labute approximate surface area is 106 Å². The normalized spacial score (nSPS) is 22.8. The lowest BCUT2D eigenvalue weighted by Gasteiger charge is -2.13. The number of aryl methyl sites for hydroxylation is 1. The first kappa shape index (κ1) is 12.9. The largest absolute Gasteiger partial charge is 0.497 e. The molecule has 0 radical (unpaired) electrons.